The zero-order valence-electron chi connectivity index (χ0n) is 24.5. The molecule has 46 heavy (non-hydrogen) atoms. The van der Waals surface area contributed by atoms with Gasteiger partial charge in [0.25, 0.3) is 11.1 Å². The van der Waals surface area contributed by atoms with Gasteiger partial charge in [0.15, 0.2) is 11.8 Å². The molecule has 3 N–H and O–H groups in total. The van der Waals surface area contributed by atoms with Crippen LogP contribution in [-0.2, 0) is 27.4 Å². The minimum Gasteiger partial charge on any atom is -0.456 e. The number of carbonyl (C=O) groups excluding carboxylic acids is 1. The van der Waals surface area contributed by atoms with Crippen LogP contribution in [0.15, 0.2) is 36.5 Å². The molecule has 12 nitrogen and oxygen atoms in total. The van der Waals surface area contributed by atoms with Gasteiger partial charge in [-0.1, -0.05) is 36.4 Å². The number of benzene rings is 1. The number of imidazole rings is 1. The van der Waals surface area contributed by atoms with E-state index >= 15 is 0 Å². The van der Waals surface area contributed by atoms with Crippen molar-refractivity contribution in [1.82, 2.24) is 29.6 Å². The zero-order chi connectivity index (χ0) is 33.0. The number of aromatic amines is 1. The predicted molar refractivity (Wildman–Crippen MR) is 162 cm³/mol. The molecule has 0 spiro atoms. The molecule has 7 rings (SSSR count). The molecule has 0 radical (unpaired) electrons. The fourth-order valence-electron chi connectivity index (χ4n) is 5.62. The van der Waals surface area contributed by atoms with Crippen LogP contribution in [0.4, 0.5) is 13.2 Å². The number of hydrogen-bond donors (Lipinski definition) is 4. The lowest BCUT2D eigenvalue weighted by Crippen LogP contribution is -2.35. The van der Waals surface area contributed by atoms with Gasteiger partial charge in [0, 0.05) is 37.0 Å². The SMILES string of the molecule is CC(C)(O)CN1Cc2cn(-c3ccc(-c4nc5nc(O[C@@H]6CO[C@H]7[C@@H]6OC[C@H]7O)[nH]c5cc4Cl)cc3)nc2C1.O=C(S)C(F)(F)F. The van der Waals surface area contributed by atoms with Gasteiger partial charge in [-0.05, 0) is 32.0 Å². The number of halogens is 4. The first kappa shape index (κ1) is 32.7. The van der Waals surface area contributed by atoms with E-state index in [0.717, 1.165) is 30.0 Å². The lowest BCUT2D eigenvalue weighted by molar-refractivity contribution is -0.160. The average molecular weight is 683 g/mol. The minimum absolute atomic E-state index is 0.235. The second kappa shape index (κ2) is 12.4. The summed E-state index contributed by atoms with van der Waals surface area (Å²) in [5.74, 6) is 0. The van der Waals surface area contributed by atoms with Crippen molar-refractivity contribution in [3.05, 3.63) is 52.8 Å². The van der Waals surface area contributed by atoms with Crippen LogP contribution in [0, 0.1) is 0 Å². The molecule has 3 aliphatic heterocycles. The fourth-order valence-corrected chi connectivity index (χ4v) is 5.89. The fraction of sp³-hybridized carbons (Fsp3) is 0.448. The summed E-state index contributed by atoms with van der Waals surface area (Å²) in [4.78, 5) is 23.7. The maximum atomic E-state index is 10.8. The number of thiol groups is 1. The Labute approximate surface area is 270 Å². The van der Waals surface area contributed by atoms with Gasteiger partial charge in [0.2, 0.25) is 0 Å². The molecule has 0 amide bonds. The highest BCUT2D eigenvalue weighted by molar-refractivity contribution is 7.96. The molecule has 4 aromatic rings. The number of fused-ring (bicyclic) bond motifs is 3. The zero-order valence-corrected chi connectivity index (χ0v) is 26.2. The van der Waals surface area contributed by atoms with Crippen LogP contribution in [0.1, 0.15) is 25.1 Å². The molecule has 17 heteroatoms. The van der Waals surface area contributed by atoms with E-state index in [1.807, 2.05) is 49.0 Å². The second-order valence-corrected chi connectivity index (χ2v) is 12.7. The average Bonchev–Trinajstić information content (AvgIpc) is 3.77. The largest absolute Gasteiger partial charge is 0.460 e. The van der Waals surface area contributed by atoms with Gasteiger partial charge < -0.3 is 29.4 Å². The standard InChI is InChI=1S/C27H29ClN6O5.C2HF3OS/c1-27(2,36)13-33-8-15-9-34(32-19(15)10-33)16-5-3-14(4-6-16)22-17(28)7-18-25(30-22)31-26(29-18)39-21-12-38-23-20(35)11-37-24(21)23;3-2(4,5)1(6)7/h3-7,9,20-21,23-24,35-36H,8,10-13H2,1-2H3,(H,29,30,31);(H,6,7)/t20-,21-,23-,24-;/m1./s1. The van der Waals surface area contributed by atoms with Gasteiger partial charge in [-0.3, -0.25) is 9.69 Å². The summed E-state index contributed by atoms with van der Waals surface area (Å²) in [7, 11) is 0. The van der Waals surface area contributed by atoms with Crippen molar-refractivity contribution in [2.75, 3.05) is 19.8 Å². The Balaban J connectivity index is 0.000000480. The molecular formula is C29H30ClF3N6O6S. The van der Waals surface area contributed by atoms with Crippen LogP contribution in [0.3, 0.4) is 0 Å². The Kier molecular flexibility index (Phi) is 8.82. The molecule has 0 aliphatic carbocycles. The van der Waals surface area contributed by atoms with Gasteiger partial charge >= 0.3 is 6.18 Å². The highest BCUT2D eigenvalue weighted by atomic mass is 35.5. The van der Waals surface area contributed by atoms with Crippen molar-refractivity contribution in [2.45, 2.75) is 63.1 Å². The third-order valence-corrected chi connectivity index (χ3v) is 8.09. The highest BCUT2D eigenvalue weighted by Crippen LogP contribution is 2.33. The lowest BCUT2D eigenvalue weighted by Gasteiger charge is -2.24. The molecule has 0 bridgehead atoms. The molecule has 3 aromatic heterocycles. The number of hydrogen-bond acceptors (Lipinski definition) is 10. The number of aliphatic hydroxyl groups excluding tert-OH is 1. The number of nitrogens with one attached hydrogen (secondary N) is 1. The van der Waals surface area contributed by atoms with E-state index in [2.05, 4.69) is 27.5 Å². The number of aliphatic hydroxyl groups is 2. The van der Waals surface area contributed by atoms with Crippen LogP contribution in [-0.4, -0.2) is 101 Å². The first-order chi connectivity index (χ1) is 21.6. The predicted octanol–water partition coefficient (Wildman–Crippen LogP) is 3.46. The Morgan fingerprint density at radius 2 is 1.85 bits per heavy atom. The number of rotatable bonds is 6. The van der Waals surface area contributed by atoms with Crippen molar-refractivity contribution in [3.63, 3.8) is 0 Å². The maximum absolute atomic E-state index is 10.8. The summed E-state index contributed by atoms with van der Waals surface area (Å²) >= 11 is 9.13. The molecule has 1 aromatic carbocycles. The van der Waals surface area contributed by atoms with Gasteiger partial charge in [-0.2, -0.15) is 23.3 Å². The van der Waals surface area contributed by atoms with Crippen LogP contribution in [0.2, 0.25) is 5.02 Å². The second-order valence-electron chi connectivity index (χ2n) is 11.9. The molecule has 2 fully saturated rings. The summed E-state index contributed by atoms with van der Waals surface area (Å²) in [6.07, 6.45) is -4.45. The first-order valence-corrected chi connectivity index (χ1v) is 15.0. The number of β-amino-alcohol motifs (C(OH)–C–C–N with tert-alkyl or cyclic N) is 1. The Morgan fingerprint density at radius 3 is 2.50 bits per heavy atom. The smallest absolute Gasteiger partial charge is 0.456 e. The molecule has 246 valence electrons. The number of carbonyl (C=O) groups is 1. The van der Waals surface area contributed by atoms with Crippen molar-refractivity contribution in [3.8, 4) is 23.0 Å². The number of pyridine rings is 1. The van der Waals surface area contributed by atoms with E-state index in [9.17, 15) is 28.2 Å². The van der Waals surface area contributed by atoms with Gasteiger partial charge in [-0.25, -0.2) is 9.67 Å². The third-order valence-electron chi connectivity index (χ3n) is 7.55. The van der Waals surface area contributed by atoms with Crippen LogP contribution in [0.5, 0.6) is 6.01 Å². The molecule has 0 unspecified atom stereocenters. The summed E-state index contributed by atoms with van der Waals surface area (Å²) < 4.78 is 51.4. The van der Waals surface area contributed by atoms with Crippen LogP contribution in [0.25, 0.3) is 28.1 Å². The highest BCUT2D eigenvalue weighted by Gasteiger charge is 2.48. The molecule has 0 saturated carbocycles. The number of nitrogens with zero attached hydrogens (tertiary/aromatic N) is 5. The van der Waals surface area contributed by atoms with E-state index in [1.165, 1.54) is 5.56 Å². The van der Waals surface area contributed by atoms with E-state index < -0.39 is 23.0 Å². The third kappa shape index (κ3) is 7.02. The molecule has 3 aliphatic rings. The summed E-state index contributed by atoms with van der Waals surface area (Å²) in [5.41, 5.74) is 5.01. The number of alkyl halides is 3. The number of ether oxygens (including phenoxy) is 3. The monoisotopic (exact) mass is 682 g/mol. The van der Waals surface area contributed by atoms with E-state index in [1.54, 1.807) is 6.07 Å². The Bertz CT molecular complexity index is 1720. The van der Waals surface area contributed by atoms with Crippen molar-refractivity contribution < 1.29 is 42.4 Å². The minimum atomic E-state index is -4.77. The molecular weight excluding hydrogens is 653 g/mol. The quantitative estimate of drug-likeness (QED) is 0.223. The van der Waals surface area contributed by atoms with Crippen LogP contribution >= 0.6 is 24.2 Å². The Hall–Kier alpha value is -3.25. The number of H-pyrrole nitrogens is 1. The lowest BCUT2D eigenvalue weighted by atomic mass is 10.1. The normalized spacial score (nSPS) is 22.9. The maximum Gasteiger partial charge on any atom is 0.460 e. The Morgan fingerprint density at radius 1 is 1.15 bits per heavy atom. The van der Waals surface area contributed by atoms with Crippen LogP contribution < -0.4 is 4.74 Å². The van der Waals surface area contributed by atoms with Crippen molar-refractivity contribution in [1.29, 1.82) is 0 Å². The summed E-state index contributed by atoms with van der Waals surface area (Å²) in [6, 6.07) is 9.98. The molecule has 2 saturated heterocycles. The molecule has 6 heterocycles. The molecule has 4 atom stereocenters. The van der Waals surface area contributed by atoms with Crippen molar-refractivity contribution >= 4 is 40.5 Å². The van der Waals surface area contributed by atoms with E-state index in [0.29, 0.717) is 41.0 Å². The van der Waals surface area contributed by atoms with Gasteiger partial charge in [0.1, 0.15) is 18.3 Å². The van der Waals surface area contributed by atoms with E-state index in [-0.39, 0.29) is 24.9 Å². The van der Waals surface area contributed by atoms with Gasteiger partial charge in [-0.15, -0.1) is 0 Å². The van der Waals surface area contributed by atoms with Crippen molar-refractivity contribution in [2.24, 2.45) is 0 Å². The summed E-state index contributed by atoms with van der Waals surface area (Å²) in [6.45, 7) is 6.29. The number of aromatic nitrogens is 5. The van der Waals surface area contributed by atoms with Gasteiger partial charge in [0.05, 0.1) is 46.4 Å². The topological polar surface area (TPSA) is 148 Å². The van der Waals surface area contributed by atoms with E-state index in [4.69, 9.17) is 35.9 Å². The summed E-state index contributed by atoms with van der Waals surface area (Å²) in [5, 5.41) is 23.3. The first-order valence-electron chi connectivity index (χ1n) is 14.2.